The summed E-state index contributed by atoms with van der Waals surface area (Å²) in [6, 6.07) is 11.2. The average Bonchev–Trinajstić information content (AvgIpc) is 2.79. The second kappa shape index (κ2) is 12.1. The molecule has 2 aromatic carbocycles. The molecule has 2 rings (SSSR count). The van der Waals surface area contributed by atoms with E-state index in [0.717, 1.165) is 20.6 Å². The van der Waals surface area contributed by atoms with E-state index in [-0.39, 0.29) is 23.9 Å². The van der Waals surface area contributed by atoms with Gasteiger partial charge in [-0.3, -0.25) is 13.9 Å². The van der Waals surface area contributed by atoms with Crippen molar-refractivity contribution in [2.75, 3.05) is 37.9 Å². The van der Waals surface area contributed by atoms with Gasteiger partial charge in [0.25, 0.3) is 0 Å². The molecule has 34 heavy (non-hydrogen) atoms. The normalized spacial score (nSPS) is 11.9. The fourth-order valence-corrected chi connectivity index (χ4v) is 4.61. The zero-order valence-corrected chi connectivity index (χ0v) is 22.3. The summed E-state index contributed by atoms with van der Waals surface area (Å²) >= 11 is 3.41. The molecular formula is C23H30BrN3O6S. The molecule has 0 aromatic heterocycles. The number of amides is 2. The van der Waals surface area contributed by atoms with Crippen molar-refractivity contribution in [2.45, 2.75) is 26.4 Å². The van der Waals surface area contributed by atoms with Gasteiger partial charge >= 0.3 is 0 Å². The maximum atomic E-state index is 13.5. The van der Waals surface area contributed by atoms with Crippen LogP contribution in [0, 0.1) is 0 Å². The fraction of sp³-hybridized carbons (Fsp3) is 0.391. The molecule has 0 spiro atoms. The molecule has 0 saturated carbocycles. The Bertz CT molecular complexity index is 1130. The molecule has 0 saturated heterocycles. The van der Waals surface area contributed by atoms with Crippen LogP contribution in [-0.4, -0.2) is 64.7 Å². The Morgan fingerprint density at radius 2 is 1.82 bits per heavy atom. The molecule has 0 radical (unpaired) electrons. The number of anilines is 1. The Hall–Kier alpha value is -2.79. The van der Waals surface area contributed by atoms with Crippen molar-refractivity contribution >= 4 is 43.5 Å². The lowest BCUT2D eigenvalue weighted by atomic mass is 10.1. The summed E-state index contributed by atoms with van der Waals surface area (Å²) in [5, 5.41) is 2.72. The second-order valence-electron chi connectivity index (χ2n) is 7.53. The third-order valence-corrected chi connectivity index (χ3v) is 6.71. The van der Waals surface area contributed by atoms with Crippen LogP contribution >= 0.6 is 15.9 Å². The highest BCUT2D eigenvalue weighted by Gasteiger charge is 2.31. The topological polar surface area (TPSA) is 105 Å². The number of carbonyl (C=O) groups excluding carboxylic acids is 2. The van der Waals surface area contributed by atoms with Gasteiger partial charge in [0.1, 0.15) is 24.1 Å². The molecule has 0 aliphatic rings. The van der Waals surface area contributed by atoms with Crippen LogP contribution in [0.25, 0.3) is 0 Å². The number of halogens is 1. The van der Waals surface area contributed by atoms with Gasteiger partial charge in [-0.25, -0.2) is 8.42 Å². The van der Waals surface area contributed by atoms with Crippen LogP contribution in [0.3, 0.4) is 0 Å². The lowest BCUT2D eigenvalue weighted by Gasteiger charge is -2.32. The molecular weight excluding hydrogens is 526 g/mol. The van der Waals surface area contributed by atoms with E-state index in [1.165, 1.54) is 25.2 Å². The number of rotatable bonds is 11. The van der Waals surface area contributed by atoms with Crippen molar-refractivity contribution in [3.63, 3.8) is 0 Å². The predicted octanol–water partition coefficient (Wildman–Crippen LogP) is 2.79. The summed E-state index contributed by atoms with van der Waals surface area (Å²) in [7, 11) is -1.04. The van der Waals surface area contributed by atoms with E-state index in [0.29, 0.717) is 12.3 Å². The first-order valence-electron chi connectivity index (χ1n) is 10.5. The molecule has 0 bridgehead atoms. The highest BCUT2D eigenvalue weighted by atomic mass is 79.9. The van der Waals surface area contributed by atoms with Crippen LogP contribution < -0.4 is 19.1 Å². The smallest absolute Gasteiger partial charge is 0.244 e. The minimum absolute atomic E-state index is 0.115. The summed E-state index contributed by atoms with van der Waals surface area (Å²) in [4.78, 5) is 27.5. The number of hydrogen-bond acceptors (Lipinski definition) is 6. The first kappa shape index (κ1) is 27.5. The van der Waals surface area contributed by atoms with Gasteiger partial charge in [-0.1, -0.05) is 28.1 Å². The first-order chi connectivity index (χ1) is 16.0. The van der Waals surface area contributed by atoms with Crippen LogP contribution in [-0.2, 0) is 26.2 Å². The quantitative estimate of drug-likeness (QED) is 0.457. The van der Waals surface area contributed by atoms with Gasteiger partial charge in [-0.15, -0.1) is 0 Å². The van der Waals surface area contributed by atoms with Gasteiger partial charge < -0.3 is 19.7 Å². The number of ether oxygens (including phenoxy) is 2. The SMILES string of the molecule is CCNC(=O)[C@H](C)N(Cc1cccc(Br)c1)C(=O)CN(c1cc(OC)ccc1OC)S(C)(=O)=O. The summed E-state index contributed by atoms with van der Waals surface area (Å²) in [6.45, 7) is 3.38. The highest BCUT2D eigenvalue weighted by molar-refractivity contribution is 9.10. The van der Waals surface area contributed by atoms with Crippen LogP contribution in [0.2, 0.25) is 0 Å². The van der Waals surface area contributed by atoms with Gasteiger partial charge in [0.2, 0.25) is 21.8 Å². The van der Waals surface area contributed by atoms with Gasteiger partial charge in [0.05, 0.1) is 26.2 Å². The molecule has 186 valence electrons. The molecule has 0 aliphatic heterocycles. The van der Waals surface area contributed by atoms with Crippen molar-refractivity contribution in [3.8, 4) is 11.5 Å². The van der Waals surface area contributed by atoms with E-state index in [9.17, 15) is 18.0 Å². The highest BCUT2D eigenvalue weighted by Crippen LogP contribution is 2.34. The molecule has 1 atom stereocenters. The minimum atomic E-state index is -3.90. The molecule has 2 aromatic rings. The van der Waals surface area contributed by atoms with Crippen LogP contribution in [0.15, 0.2) is 46.9 Å². The second-order valence-corrected chi connectivity index (χ2v) is 10.4. The maximum absolute atomic E-state index is 13.5. The Morgan fingerprint density at radius 1 is 1.12 bits per heavy atom. The van der Waals surface area contributed by atoms with E-state index >= 15 is 0 Å². The van der Waals surface area contributed by atoms with Gasteiger partial charge in [-0.2, -0.15) is 0 Å². The number of benzene rings is 2. The molecule has 2 amide bonds. The molecule has 11 heteroatoms. The van der Waals surface area contributed by atoms with Gasteiger partial charge in [-0.05, 0) is 43.7 Å². The zero-order chi connectivity index (χ0) is 25.5. The van der Waals surface area contributed by atoms with Crippen molar-refractivity contribution < 1.29 is 27.5 Å². The van der Waals surface area contributed by atoms with Crippen LogP contribution in [0.4, 0.5) is 5.69 Å². The van der Waals surface area contributed by atoms with Gasteiger partial charge in [0, 0.05) is 23.6 Å². The number of likely N-dealkylation sites (N-methyl/N-ethyl adjacent to an activating group) is 1. The fourth-order valence-electron chi connectivity index (χ4n) is 3.32. The first-order valence-corrected chi connectivity index (χ1v) is 13.2. The lowest BCUT2D eigenvalue weighted by Crippen LogP contribution is -2.51. The molecule has 0 heterocycles. The van der Waals surface area contributed by atoms with E-state index < -0.39 is 28.5 Å². The van der Waals surface area contributed by atoms with Crippen molar-refractivity contribution in [1.82, 2.24) is 10.2 Å². The van der Waals surface area contributed by atoms with Crippen molar-refractivity contribution in [3.05, 3.63) is 52.5 Å². The number of nitrogens with zero attached hydrogens (tertiary/aromatic N) is 2. The number of nitrogens with one attached hydrogen (secondary N) is 1. The van der Waals surface area contributed by atoms with Crippen molar-refractivity contribution in [2.24, 2.45) is 0 Å². The predicted molar refractivity (Wildman–Crippen MR) is 135 cm³/mol. The summed E-state index contributed by atoms with van der Waals surface area (Å²) < 4.78 is 37.8. The third kappa shape index (κ3) is 7.10. The maximum Gasteiger partial charge on any atom is 0.244 e. The largest absolute Gasteiger partial charge is 0.497 e. The zero-order valence-electron chi connectivity index (χ0n) is 19.9. The van der Waals surface area contributed by atoms with Crippen molar-refractivity contribution in [1.29, 1.82) is 0 Å². The Balaban J connectivity index is 2.48. The monoisotopic (exact) mass is 555 g/mol. The van der Waals surface area contributed by atoms with E-state index in [1.54, 1.807) is 26.0 Å². The third-order valence-electron chi connectivity index (χ3n) is 5.09. The minimum Gasteiger partial charge on any atom is -0.497 e. The Morgan fingerprint density at radius 3 is 2.38 bits per heavy atom. The molecule has 0 aliphatic carbocycles. The van der Waals surface area contributed by atoms with E-state index in [1.807, 2.05) is 24.3 Å². The number of methoxy groups -OCH3 is 2. The lowest BCUT2D eigenvalue weighted by molar-refractivity contribution is -0.139. The van der Waals surface area contributed by atoms with Crippen LogP contribution in [0.5, 0.6) is 11.5 Å². The summed E-state index contributed by atoms with van der Waals surface area (Å²) in [6.07, 6.45) is 1.01. The molecule has 1 N–H and O–H groups in total. The van der Waals surface area contributed by atoms with Gasteiger partial charge in [0.15, 0.2) is 0 Å². The summed E-state index contributed by atoms with van der Waals surface area (Å²) in [5.41, 5.74) is 0.939. The van der Waals surface area contributed by atoms with E-state index in [4.69, 9.17) is 9.47 Å². The van der Waals surface area contributed by atoms with Crippen LogP contribution in [0.1, 0.15) is 19.4 Å². The standard InChI is InChI=1S/C23H30BrN3O6S/c1-6-25-23(29)16(2)26(14-17-8-7-9-18(24)12-17)22(28)15-27(34(5,30)31)20-13-19(32-3)10-11-21(20)33-4/h7-13,16H,6,14-15H2,1-5H3,(H,25,29)/t16-/m0/s1. The summed E-state index contributed by atoms with van der Waals surface area (Å²) in [5.74, 6) is -0.224. The number of hydrogen-bond donors (Lipinski definition) is 1. The molecule has 0 fully saturated rings. The number of sulfonamides is 1. The number of carbonyl (C=O) groups is 2. The molecule has 0 unspecified atom stereocenters. The Labute approximate surface area is 209 Å². The Kier molecular flexibility index (Phi) is 9.75. The van der Waals surface area contributed by atoms with E-state index in [2.05, 4.69) is 21.2 Å². The molecule has 9 nitrogen and oxygen atoms in total. The average molecular weight is 556 g/mol.